The van der Waals surface area contributed by atoms with E-state index in [1.807, 2.05) is 13.8 Å². The Hall–Kier alpha value is -1.52. The van der Waals surface area contributed by atoms with Gasteiger partial charge >= 0.3 is 6.09 Å². The first-order valence-corrected chi connectivity index (χ1v) is 5.35. The molecule has 5 nitrogen and oxygen atoms in total. The monoisotopic (exact) mass is 228 g/mol. The van der Waals surface area contributed by atoms with Crippen LogP contribution in [0.5, 0.6) is 0 Å². The second kappa shape index (κ2) is 7.73. The lowest BCUT2D eigenvalue weighted by molar-refractivity contribution is -0.123. The van der Waals surface area contributed by atoms with Gasteiger partial charge in [-0.1, -0.05) is 19.9 Å². The largest absolute Gasteiger partial charge is 0.465 e. The SMILES string of the molecule is C=CCCNC(=O)C(CC(C)C)NC(=O)O. The summed E-state index contributed by atoms with van der Waals surface area (Å²) in [5.74, 6) is -0.0278. The highest BCUT2D eigenvalue weighted by Crippen LogP contribution is 2.04. The van der Waals surface area contributed by atoms with Crippen LogP contribution in [0.4, 0.5) is 4.79 Å². The van der Waals surface area contributed by atoms with E-state index in [1.165, 1.54) is 0 Å². The third kappa shape index (κ3) is 6.86. The van der Waals surface area contributed by atoms with Crippen molar-refractivity contribution in [3.8, 4) is 0 Å². The highest BCUT2D eigenvalue weighted by atomic mass is 16.4. The minimum Gasteiger partial charge on any atom is -0.465 e. The predicted molar refractivity (Wildman–Crippen MR) is 62.2 cm³/mol. The van der Waals surface area contributed by atoms with Crippen LogP contribution in [-0.4, -0.2) is 29.7 Å². The van der Waals surface area contributed by atoms with Crippen LogP contribution in [0.15, 0.2) is 12.7 Å². The molecule has 0 heterocycles. The van der Waals surface area contributed by atoms with Gasteiger partial charge in [0.2, 0.25) is 5.91 Å². The van der Waals surface area contributed by atoms with Crippen LogP contribution in [0.3, 0.4) is 0 Å². The maximum absolute atomic E-state index is 11.6. The summed E-state index contributed by atoms with van der Waals surface area (Å²) in [5.41, 5.74) is 0. The van der Waals surface area contributed by atoms with Crippen LogP contribution >= 0.6 is 0 Å². The normalized spacial score (nSPS) is 11.9. The number of hydrogen-bond acceptors (Lipinski definition) is 2. The molecule has 0 aliphatic carbocycles. The molecule has 0 rings (SSSR count). The van der Waals surface area contributed by atoms with E-state index >= 15 is 0 Å². The number of nitrogens with one attached hydrogen (secondary N) is 2. The van der Waals surface area contributed by atoms with Crippen molar-refractivity contribution in [1.82, 2.24) is 10.6 Å². The summed E-state index contributed by atoms with van der Waals surface area (Å²) in [4.78, 5) is 22.1. The molecule has 0 saturated heterocycles. The molecule has 1 atom stereocenters. The Morgan fingerprint density at radius 1 is 1.44 bits per heavy atom. The summed E-state index contributed by atoms with van der Waals surface area (Å²) < 4.78 is 0. The lowest BCUT2D eigenvalue weighted by Gasteiger charge is -2.18. The Morgan fingerprint density at radius 3 is 2.50 bits per heavy atom. The zero-order valence-electron chi connectivity index (χ0n) is 9.82. The second-order valence-corrected chi connectivity index (χ2v) is 4.00. The average Bonchev–Trinajstić information content (AvgIpc) is 2.15. The third-order valence-electron chi connectivity index (χ3n) is 1.97. The number of carboxylic acid groups (broad SMARTS) is 1. The Labute approximate surface area is 95.9 Å². The van der Waals surface area contributed by atoms with E-state index in [0.29, 0.717) is 19.4 Å². The molecule has 0 fully saturated rings. The molecule has 92 valence electrons. The first-order chi connectivity index (χ1) is 7.47. The zero-order chi connectivity index (χ0) is 12.6. The molecule has 16 heavy (non-hydrogen) atoms. The Kier molecular flexibility index (Phi) is 7.00. The average molecular weight is 228 g/mol. The molecule has 0 spiro atoms. The molecule has 5 heteroatoms. The van der Waals surface area contributed by atoms with Crippen LogP contribution in [0.2, 0.25) is 0 Å². The van der Waals surface area contributed by atoms with E-state index in [4.69, 9.17) is 5.11 Å². The lowest BCUT2D eigenvalue weighted by Crippen LogP contribution is -2.47. The van der Waals surface area contributed by atoms with Crippen LogP contribution in [0.1, 0.15) is 26.7 Å². The number of amides is 2. The van der Waals surface area contributed by atoms with Gasteiger partial charge in [0.05, 0.1) is 0 Å². The number of rotatable bonds is 7. The van der Waals surface area contributed by atoms with Crippen molar-refractivity contribution in [3.05, 3.63) is 12.7 Å². The van der Waals surface area contributed by atoms with Gasteiger partial charge in [0.1, 0.15) is 6.04 Å². The Morgan fingerprint density at radius 2 is 2.06 bits per heavy atom. The third-order valence-corrected chi connectivity index (χ3v) is 1.97. The highest BCUT2D eigenvalue weighted by Gasteiger charge is 2.20. The van der Waals surface area contributed by atoms with E-state index in [2.05, 4.69) is 17.2 Å². The van der Waals surface area contributed by atoms with Crippen molar-refractivity contribution in [2.24, 2.45) is 5.92 Å². The van der Waals surface area contributed by atoms with Crippen molar-refractivity contribution in [3.63, 3.8) is 0 Å². The van der Waals surface area contributed by atoms with E-state index in [9.17, 15) is 9.59 Å². The topological polar surface area (TPSA) is 78.4 Å². The van der Waals surface area contributed by atoms with Gasteiger partial charge in [-0.15, -0.1) is 6.58 Å². The first kappa shape index (κ1) is 14.5. The first-order valence-electron chi connectivity index (χ1n) is 5.35. The molecule has 2 amide bonds. The fourth-order valence-electron chi connectivity index (χ4n) is 1.27. The molecule has 0 aromatic carbocycles. The minimum absolute atomic E-state index is 0.252. The van der Waals surface area contributed by atoms with Crippen molar-refractivity contribution in [1.29, 1.82) is 0 Å². The summed E-state index contributed by atoms with van der Waals surface area (Å²) in [7, 11) is 0. The number of hydrogen-bond donors (Lipinski definition) is 3. The van der Waals surface area contributed by atoms with Gasteiger partial charge in [-0.3, -0.25) is 4.79 Å². The van der Waals surface area contributed by atoms with E-state index in [-0.39, 0.29) is 11.8 Å². The van der Waals surface area contributed by atoms with E-state index in [0.717, 1.165) is 0 Å². The number of carbonyl (C=O) groups excluding carboxylic acids is 1. The standard InChI is InChI=1S/C11H20N2O3/c1-4-5-6-12-10(14)9(7-8(2)3)13-11(15)16/h4,8-9,13H,1,5-7H2,2-3H3,(H,12,14)(H,15,16). The summed E-state index contributed by atoms with van der Waals surface area (Å²) >= 11 is 0. The summed E-state index contributed by atoms with van der Waals surface area (Å²) in [5, 5.41) is 13.5. The molecular weight excluding hydrogens is 208 g/mol. The maximum atomic E-state index is 11.6. The Balaban J connectivity index is 4.19. The summed E-state index contributed by atoms with van der Waals surface area (Å²) in [6.07, 6.45) is 1.69. The van der Waals surface area contributed by atoms with Crippen molar-refractivity contribution in [2.75, 3.05) is 6.54 Å². The van der Waals surface area contributed by atoms with Gasteiger partial charge in [-0.2, -0.15) is 0 Å². The van der Waals surface area contributed by atoms with Gasteiger partial charge in [0.15, 0.2) is 0 Å². The van der Waals surface area contributed by atoms with Crippen LogP contribution < -0.4 is 10.6 Å². The van der Waals surface area contributed by atoms with Gasteiger partial charge in [-0.05, 0) is 18.8 Å². The smallest absolute Gasteiger partial charge is 0.405 e. The van der Waals surface area contributed by atoms with Crippen LogP contribution in [0.25, 0.3) is 0 Å². The van der Waals surface area contributed by atoms with E-state index < -0.39 is 12.1 Å². The van der Waals surface area contributed by atoms with Crippen molar-refractivity contribution in [2.45, 2.75) is 32.7 Å². The van der Waals surface area contributed by atoms with Crippen LogP contribution in [-0.2, 0) is 4.79 Å². The van der Waals surface area contributed by atoms with Gasteiger partial charge in [0, 0.05) is 6.54 Å². The molecule has 0 bridgehead atoms. The zero-order valence-corrected chi connectivity index (χ0v) is 9.82. The fraction of sp³-hybridized carbons (Fsp3) is 0.636. The molecule has 0 radical (unpaired) electrons. The van der Waals surface area contributed by atoms with Crippen molar-refractivity contribution < 1.29 is 14.7 Å². The quantitative estimate of drug-likeness (QED) is 0.455. The molecule has 1 unspecified atom stereocenters. The minimum atomic E-state index is -1.18. The molecule has 0 aliphatic rings. The summed E-state index contributed by atoms with van der Waals surface area (Å²) in [6, 6.07) is -0.678. The predicted octanol–water partition coefficient (Wildman–Crippen LogP) is 1.36. The molecule has 0 saturated carbocycles. The Bertz CT molecular complexity index is 252. The molecular formula is C11H20N2O3. The molecule has 0 aromatic heterocycles. The molecule has 0 aliphatic heterocycles. The van der Waals surface area contributed by atoms with E-state index in [1.54, 1.807) is 6.08 Å². The molecule has 3 N–H and O–H groups in total. The van der Waals surface area contributed by atoms with Gasteiger partial charge in [-0.25, -0.2) is 4.79 Å². The van der Waals surface area contributed by atoms with Crippen LogP contribution in [0, 0.1) is 5.92 Å². The van der Waals surface area contributed by atoms with Gasteiger partial charge in [0.25, 0.3) is 0 Å². The highest BCUT2D eigenvalue weighted by molar-refractivity contribution is 5.85. The molecule has 0 aromatic rings. The lowest BCUT2D eigenvalue weighted by atomic mass is 10.0. The fourth-order valence-corrected chi connectivity index (χ4v) is 1.27. The maximum Gasteiger partial charge on any atom is 0.405 e. The van der Waals surface area contributed by atoms with Crippen molar-refractivity contribution >= 4 is 12.0 Å². The number of carbonyl (C=O) groups is 2. The summed E-state index contributed by atoms with van der Waals surface area (Å²) in [6.45, 7) is 7.90. The van der Waals surface area contributed by atoms with Gasteiger partial charge < -0.3 is 15.7 Å². The second-order valence-electron chi connectivity index (χ2n) is 4.00.